The number of thiol groups is 1. The highest BCUT2D eigenvalue weighted by Gasteiger charge is 2.31. The predicted octanol–water partition coefficient (Wildman–Crippen LogP) is 2.96. The second-order valence-corrected chi connectivity index (χ2v) is 4.85. The fourth-order valence-corrected chi connectivity index (χ4v) is 2.76. The quantitative estimate of drug-likeness (QED) is 0.753. The van der Waals surface area contributed by atoms with Crippen LogP contribution in [0.3, 0.4) is 0 Å². The smallest absolute Gasteiger partial charge is 0.0688 e. The summed E-state index contributed by atoms with van der Waals surface area (Å²) in [6.45, 7) is 0. The maximum Gasteiger partial charge on any atom is 0.0688 e. The normalized spacial score (nSPS) is 19.3. The van der Waals surface area contributed by atoms with Gasteiger partial charge in [0.25, 0.3) is 0 Å². The van der Waals surface area contributed by atoms with Crippen LogP contribution in [0.2, 0.25) is 0 Å². The fraction of sp³-hybridized carbons (Fsp3) is 0.538. The molecular weight excluding hydrogens is 204 g/mol. The van der Waals surface area contributed by atoms with Crippen LogP contribution in [0, 0.1) is 0 Å². The van der Waals surface area contributed by atoms with Crippen LogP contribution in [0.15, 0.2) is 24.3 Å². The number of aliphatic hydroxyl groups is 1. The minimum Gasteiger partial charge on any atom is -0.390 e. The summed E-state index contributed by atoms with van der Waals surface area (Å²) in [6.07, 6.45) is 5.03. The van der Waals surface area contributed by atoms with Crippen molar-refractivity contribution >= 4 is 12.6 Å². The average molecular weight is 222 g/mol. The van der Waals surface area contributed by atoms with Gasteiger partial charge in [-0.25, -0.2) is 0 Å². The predicted molar refractivity (Wildman–Crippen MR) is 66.3 cm³/mol. The molecule has 0 heterocycles. The van der Waals surface area contributed by atoms with Crippen molar-refractivity contribution in [3.63, 3.8) is 0 Å². The summed E-state index contributed by atoms with van der Waals surface area (Å²) in [5.41, 5.74) is 2.07. The molecule has 1 N–H and O–H groups in total. The van der Waals surface area contributed by atoms with Crippen LogP contribution in [0.1, 0.15) is 36.8 Å². The van der Waals surface area contributed by atoms with Crippen molar-refractivity contribution < 1.29 is 5.11 Å². The van der Waals surface area contributed by atoms with Gasteiger partial charge in [-0.05, 0) is 24.0 Å². The third kappa shape index (κ3) is 2.56. The molecule has 0 aliphatic heterocycles. The average Bonchev–Trinajstić information content (AvgIpc) is 2.66. The molecule has 0 amide bonds. The lowest BCUT2D eigenvalue weighted by Gasteiger charge is -2.23. The highest BCUT2D eigenvalue weighted by atomic mass is 32.1. The molecule has 0 atom stereocenters. The molecule has 15 heavy (non-hydrogen) atoms. The number of rotatable bonds is 3. The van der Waals surface area contributed by atoms with Crippen molar-refractivity contribution in [2.75, 3.05) is 0 Å². The Morgan fingerprint density at radius 1 is 1.13 bits per heavy atom. The molecule has 1 saturated carbocycles. The van der Waals surface area contributed by atoms with E-state index in [1.165, 1.54) is 24.0 Å². The third-order valence-electron chi connectivity index (χ3n) is 3.34. The van der Waals surface area contributed by atoms with Crippen LogP contribution in [-0.4, -0.2) is 10.7 Å². The highest BCUT2D eigenvalue weighted by Crippen LogP contribution is 2.33. The van der Waals surface area contributed by atoms with Crippen LogP contribution in [0.5, 0.6) is 0 Å². The molecule has 0 unspecified atom stereocenters. The van der Waals surface area contributed by atoms with Crippen LogP contribution in [0.25, 0.3) is 0 Å². The van der Waals surface area contributed by atoms with Gasteiger partial charge >= 0.3 is 0 Å². The summed E-state index contributed by atoms with van der Waals surface area (Å²) in [7, 11) is 0. The van der Waals surface area contributed by atoms with Gasteiger partial charge in [-0.15, -0.1) is 0 Å². The Bertz CT molecular complexity index is 329. The first-order chi connectivity index (χ1) is 7.23. The molecule has 1 aromatic carbocycles. The van der Waals surface area contributed by atoms with E-state index in [0.717, 1.165) is 25.0 Å². The fourth-order valence-electron chi connectivity index (χ4n) is 2.45. The first-order valence-corrected chi connectivity index (χ1v) is 6.27. The molecule has 0 saturated heterocycles. The summed E-state index contributed by atoms with van der Waals surface area (Å²) in [5, 5.41) is 10.3. The van der Waals surface area contributed by atoms with E-state index in [0.29, 0.717) is 0 Å². The van der Waals surface area contributed by atoms with Gasteiger partial charge in [0.2, 0.25) is 0 Å². The van der Waals surface area contributed by atoms with Gasteiger partial charge in [0.05, 0.1) is 5.60 Å². The topological polar surface area (TPSA) is 20.2 Å². The van der Waals surface area contributed by atoms with E-state index in [-0.39, 0.29) is 0 Å². The first kappa shape index (κ1) is 11.0. The molecule has 0 aromatic heterocycles. The van der Waals surface area contributed by atoms with Crippen molar-refractivity contribution in [3.8, 4) is 0 Å². The Balaban J connectivity index is 2.16. The summed E-state index contributed by atoms with van der Waals surface area (Å²) in [6, 6.07) is 8.29. The molecule has 2 rings (SSSR count). The van der Waals surface area contributed by atoms with E-state index in [9.17, 15) is 5.11 Å². The van der Waals surface area contributed by atoms with Crippen LogP contribution >= 0.6 is 12.6 Å². The molecule has 0 bridgehead atoms. The summed E-state index contributed by atoms with van der Waals surface area (Å²) in [4.78, 5) is 0. The Morgan fingerprint density at radius 2 is 1.73 bits per heavy atom. The molecule has 0 spiro atoms. The summed E-state index contributed by atoms with van der Waals surface area (Å²) in [5.74, 6) is 0.756. The zero-order valence-corrected chi connectivity index (χ0v) is 9.84. The molecule has 1 aliphatic carbocycles. The van der Waals surface area contributed by atoms with Gasteiger partial charge in [0.15, 0.2) is 0 Å². The number of hydrogen-bond acceptors (Lipinski definition) is 2. The molecule has 2 heteroatoms. The Morgan fingerprint density at radius 3 is 2.33 bits per heavy atom. The molecule has 1 fully saturated rings. The largest absolute Gasteiger partial charge is 0.390 e. The number of benzene rings is 1. The third-order valence-corrected chi connectivity index (χ3v) is 3.68. The lowest BCUT2D eigenvalue weighted by molar-refractivity contribution is 0.0480. The Labute approximate surface area is 96.9 Å². The van der Waals surface area contributed by atoms with E-state index in [1.54, 1.807) is 0 Å². The van der Waals surface area contributed by atoms with Crippen molar-refractivity contribution in [1.29, 1.82) is 0 Å². The van der Waals surface area contributed by atoms with Gasteiger partial charge in [0, 0.05) is 12.2 Å². The van der Waals surface area contributed by atoms with Crippen molar-refractivity contribution in [2.24, 2.45) is 0 Å². The minimum atomic E-state index is -0.445. The van der Waals surface area contributed by atoms with Gasteiger partial charge < -0.3 is 5.11 Å². The molecule has 82 valence electrons. The standard InChI is InChI=1S/C13H18OS/c14-13(7-3-4-8-13)9-11-5-1-2-6-12(11)10-15/h1-2,5-6,14-15H,3-4,7-10H2. The molecular formula is C13H18OS. The van der Waals surface area contributed by atoms with E-state index in [1.807, 2.05) is 12.1 Å². The van der Waals surface area contributed by atoms with E-state index in [2.05, 4.69) is 24.8 Å². The van der Waals surface area contributed by atoms with Gasteiger partial charge in [0.1, 0.15) is 0 Å². The zero-order valence-electron chi connectivity index (χ0n) is 8.95. The first-order valence-electron chi connectivity index (χ1n) is 5.63. The Kier molecular flexibility index (Phi) is 3.37. The maximum atomic E-state index is 10.3. The van der Waals surface area contributed by atoms with Crippen LogP contribution in [-0.2, 0) is 12.2 Å². The Hall–Kier alpha value is -0.470. The summed E-state index contributed by atoms with van der Waals surface area (Å²) >= 11 is 4.32. The van der Waals surface area contributed by atoms with Gasteiger partial charge in [-0.3, -0.25) is 0 Å². The highest BCUT2D eigenvalue weighted by molar-refractivity contribution is 7.79. The molecule has 1 nitrogen and oxygen atoms in total. The van der Waals surface area contributed by atoms with E-state index >= 15 is 0 Å². The minimum absolute atomic E-state index is 0.445. The van der Waals surface area contributed by atoms with Gasteiger partial charge in [-0.1, -0.05) is 37.1 Å². The monoisotopic (exact) mass is 222 g/mol. The van der Waals surface area contributed by atoms with Gasteiger partial charge in [-0.2, -0.15) is 12.6 Å². The van der Waals surface area contributed by atoms with Crippen molar-refractivity contribution in [3.05, 3.63) is 35.4 Å². The van der Waals surface area contributed by atoms with Crippen LogP contribution in [0.4, 0.5) is 0 Å². The lowest BCUT2D eigenvalue weighted by Crippen LogP contribution is -2.27. The molecule has 1 aromatic rings. The maximum absolute atomic E-state index is 10.3. The van der Waals surface area contributed by atoms with E-state index < -0.39 is 5.60 Å². The SMILES string of the molecule is OC1(Cc2ccccc2CS)CCCC1. The van der Waals surface area contributed by atoms with E-state index in [4.69, 9.17) is 0 Å². The van der Waals surface area contributed by atoms with Crippen molar-refractivity contribution in [1.82, 2.24) is 0 Å². The number of hydrogen-bond donors (Lipinski definition) is 2. The second-order valence-electron chi connectivity index (χ2n) is 4.54. The second kappa shape index (κ2) is 4.58. The van der Waals surface area contributed by atoms with Crippen LogP contribution < -0.4 is 0 Å². The lowest BCUT2D eigenvalue weighted by atomic mass is 9.91. The molecule has 1 aliphatic rings. The van der Waals surface area contributed by atoms with Crippen molar-refractivity contribution in [2.45, 2.75) is 43.5 Å². The summed E-state index contributed by atoms with van der Waals surface area (Å²) < 4.78 is 0. The molecule has 0 radical (unpaired) electrons. The zero-order chi connectivity index (χ0) is 10.7.